The van der Waals surface area contributed by atoms with Gasteiger partial charge in [0.1, 0.15) is 0 Å². The normalized spacial score (nSPS) is 32.9. The largest absolute Gasteiger partial charge is 0.481 e. The van der Waals surface area contributed by atoms with E-state index in [1.807, 2.05) is 0 Å². The standard InChI is InChI=1S/C24H41N3O4.ClH/c25-13-16-1-7-19(8-2-16)22(28)26-14-17-3-9-20(10-4-17)23(29)27-15-18-5-11-21(12-6-18)24(30)31;/h16-21H,1-15,25H2,(H,26,28)(H,27,29)(H,30,31);1H. The van der Waals surface area contributed by atoms with Crippen LogP contribution in [0, 0.1) is 35.5 Å². The molecule has 184 valence electrons. The van der Waals surface area contributed by atoms with Gasteiger partial charge in [-0.1, -0.05) is 0 Å². The van der Waals surface area contributed by atoms with E-state index in [4.69, 9.17) is 10.8 Å². The molecule has 0 aromatic rings. The van der Waals surface area contributed by atoms with Crippen molar-refractivity contribution in [2.24, 2.45) is 41.2 Å². The van der Waals surface area contributed by atoms with Gasteiger partial charge in [0.05, 0.1) is 5.92 Å². The lowest BCUT2D eigenvalue weighted by atomic mass is 9.80. The Morgan fingerprint density at radius 3 is 1.31 bits per heavy atom. The second-order valence-corrected chi connectivity index (χ2v) is 10.2. The number of carbonyl (C=O) groups is 3. The van der Waals surface area contributed by atoms with Crippen LogP contribution < -0.4 is 16.4 Å². The Morgan fingerprint density at radius 2 is 0.969 bits per heavy atom. The Balaban J connectivity index is 0.00000363. The third-order valence-electron chi connectivity index (χ3n) is 8.09. The summed E-state index contributed by atoms with van der Waals surface area (Å²) in [6.45, 7) is 2.14. The highest BCUT2D eigenvalue weighted by Gasteiger charge is 2.30. The van der Waals surface area contributed by atoms with E-state index in [1.54, 1.807) is 0 Å². The third-order valence-corrected chi connectivity index (χ3v) is 8.09. The summed E-state index contributed by atoms with van der Waals surface area (Å²) in [6.07, 6.45) is 11.0. The van der Waals surface area contributed by atoms with Gasteiger partial charge in [-0.05, 0) is 101 Å². The maximum absolute atomic E-state index is 12.6. The fourth-order valence-electron chi connectivity index (χ4n) is 5.68. The topological polar surface area (TPSA) is 122 Å². The summed E-state index contributed by atoms with van der Waals surface area (Å²) in [5, 5.41) is 15.4. The quantitative estimate of drug-likeness (QED) is 0.433. The predicted octanol–water partition coefficient (Wildman–Crippen LogP) is 3.10. The summed E-state index contributed by atoms with van der Waals surface area (Å²) in [6, 6.07) is 0. The Bertz CT molecular complexity index is 608. The molecule has 3 aliphatic carbocycles. The fourth-order valence-corrected chi connectivity index (χ4v) is 5.68. The molecule has 0 saturated heterocycles. The third kappa shape index (κ3) is 7.91. The number of halogens is 1. The molecule has 7 nitrogen and oxygen atoms in total. The zero-order valence-electron chi connectivity index (χ0n) is 19.2. The monoisotopic (exact) mass is 471 g/mol. The summed E-state index contributed by atoms with van der Waals surface area (Å²) in [4.78, 5) is 36.1. The molecule has 0 radical (unpaired) electrons. The lowest BCUT2D eigenvalue weighted by molar-refractivity contribution is -0.143. The average molecular weight is 472 g/mol. The van der Waals surface area contributed by atoms with Gasteiger partial charge in [-0.3, -0.25) is 14.4 Å². The first-order valence-electron chi connectivity index (χ1n) is 12.4. The molecule has 0 heterocycles. The van der Waals surface area contributed by atoms with Gasteiger partial charge in [-0.2, -0.15) is 0 Å². The van der Waals surface area contributed by atoms with Gasteiger partial charge < -0.3 is 21.5 Å². The zero-order chi connectivity index (χ0) is 22.2. The number of nitrogens with one attached hydrogen (secondary N) is 2. The van der Waals surface area contributed by atoms with Crippen molar-refractivity contribution >= 4 is 30.2 Å². The highest BCUT2D eigenvalue weighted by atomic mass is 35.5. The van der Waals surface area contributed by atoms with Crippen molar-refractivity contribution in [1.29, 1.82) is 0 Å². The first-order valence-corrected chi connectivity index (χ1v) is 12.4. The highest BCUT2D eigenvalue weighted by molar-refractivity contribution is 5.85. The van der Waals surface area contributed by atoms with Gasteiger partial charge in [0, 0.05) is 24.9 Å². The van der Waals surface area contributed by atoms with E-state index in [0.717, 1.165) is 90.1 Å². The molecular formula is C24H42ClN3O4. The van der Waals surface area contributed by atoms with E-state index in [0.29, 0.717) is 24.3 Å². The number of carboxylic acid groups (broad SMARTS) is 1. The van der Waals surface area contributed by atoms with Crippen LogP contribution in [0.5, 0.6) is 0 Å². The molecule has 0 aromatic carbocycles. The van der Waals surface area contributed by atoms with E-state index < -0.39 is 5.97 Å². The molecule has 0 aromatic heterocycles. The summed E-state index contributed by atoms with van der Waals surface area (Å²) < 4.78 is 0. The van der Waals surface area contributed by atoms with Crippen LogP contribution in [0.1, 0.15) is 77.0 Å². The van der Waals surface area contributed by atoms with E-state index >= 15 is 0 Å². The van der Waals surface area contributed by atoms with Crippen LogP contribution in [-0.2, 0) is 14.4 Å². The summed E-state index contributed by atoms with van der Waals surface area (Å²) in [7, 11) is 0. The van der Waals surface area contributed by atoms with Crippen LogP contribution in [-0.4, -0.2) is 42.5 Å². The number of aliphatic carboxylic acids is 1. The van der Waals surface area contributed by atoms with Gasteiger partial charge >= 0.3 is 5.97 Å². The Hall–Kier alpha value is -1.34. The van der Waals surface area contributed by atoms with Crippen molar-refractivity contribution in [2.45, 2.75) is 77.0 Å². The van der Waals surface area contributed by atoms with Crippen molar-refractivity contribution in [3.63, 3.8) is 0 Å². The lowest BCUT2D eigenvalue weighted by Gasteiger charge is -2.31. The Morgan fingerprint density at radius 1 is 0.625 bits per heavy atom. The lowest BCUT2D eigenvalue weighted by Crippen LogP contribution is -2.40. The van der Waals surface area contributed by atoms with Crippen LogP contribution in [0.3, 0.4) is 0 Å². The number of hydrogen-bond acceptors (Lipinski definition) is 4. The molecule has 0 unspecified atom stereocenters. The van der Waals surface area contributed by atoms with Gasteiger partial charge in [0.15, 0.2) is 0 Å². The Labute approximate surface area is 198 Å². The number of hydrogen-bond donors (Lipinski definition) is 4. The molecule has 32 heavy (non-hydrogen) atoms. The molecule has 3 saturated carbocycles. The molecule has 5 N–H and O–H groups in total. The minimum atomic E-state index is -0.686. The summed E-state index contributed by atoms with van der Waals surface area (Å²) >= 11 is 0. The molecule has 8 heteroatoms. The zero-order valence-corrected chi connectivity index (χ0v) is 20.0. The van der Waals surface area contributed by atoms with Gasteiger partial charge in [-0.25, -0.2) is 0 Å². The maximum atomic E-state index is 12.6. The van der Waals surface area contributed by atoms with Gasteiger partial charge in [0.25, 0.3) is 0 Å². The number of nitrogens with two attached hydrogens (primary N) is 1. The van der Waals surface area contributed by atoms with Crippen molar-refractivity contribution in [3.05, 3.63) is 0 Å². The molecule has 0 atom stereocenters. The van der Waals surface area contributed by atoms with Crippen LogP contribution in [0.4, 0.5) is 0 Å². The number of carbonyl (C=O) groups excluding carboxylic acids is 2. The van der Waals surface area contributed by atoms with Crippen molar-refractivity contribution in [1.82, 2.24) is 10.6 Å². The molecule has 3 aliphatic rings. The number of carboxylic acids is 1. The van der Waals surface area contributed by atoms with Crippen molar-refractivity contribution in [2.75, 3.05) is 19.6 Å². The molecule has 0 aliphatic heterocycles. The molecule has 3 rings (SSSR count). The SMILES string of the molecule is Cl.NCC1CCC(C(=O)NCC2CCC(C(=O)NCC3CCC(C(=O)O)CC3)CC2)CC1. The second kappa shape index (κ2) is 13.4. The van der Waals surface area contributed by atoms with E-state index in [2.05, 4.69) is 10.6 Å². The van der Waals surface area contributed by atoms with Crippen molar-refractivity contribution in [3.8, 4) is 0 Å². The van der Waals surface area contributed by atoms with Crippen LogP contribution in [0.15, 0.2) is 0 Å². The number of amides is 2. The first kappa shape index (κ1) is 26.9. The smallest absolute Gasteiger partial charge is 0.306 e. The molecule has 0 bridgehead atoms. The molecule has 0 spiro atoms. The maximum Gasteiger partial charge on any atom is 0.306 e. The van der Waals surface area contributed by atoms with Crippen LogP contribution >= 0.6 is 12.4 Å². The second-order valence-electron chi connectivity index (χ2n) is 10.2. The van der Waals surface area contributed by atoms with Crippen LogP contribution in [0.2, 0.25) is 0 Å². The molecule has 3 fully saturated rings. The van der Waals surface area contributed by atoms with Gasteiger partial charge in [-0.15, -0.1) is 12.4 Å². The Kier molecular flexibility index (Phi) is 11.3. The van der Waals surface area contributed by atoms with E-state index in [9.17, 15) is 14.4 Å². The highest BCUT2D eigenvalue weighted by Crippen LogP contribution is 2.31. The fraction of sp³-hybridized carbons (Fsp3) is 0.875. The molecular weight excluding hydrogens is 430 g/mol. The van der Waals surface area contributed by atoms with E-state index in [-0.39, 0.29) is 42.0 Å². The van der Waals surface area contributed by atoms with Crippen molar-refractivity contribution < 1.29 is 19.5 Å². The summed E-state index contributed by atoms with van der Waals surface area (Å²) in [5.74, 6) is 1.16. The minimum Gasteiger partial charge on any atom is -0.481 e. The van der Waals surface area contributed by atoms with E-state index in [1.165, 1.54) is 0 Å². The summed E-state index contributed by atoms with van der Waals surface area (Å²) in [5.41, 5.74) is 5.74. The van der Waals surface area contributed by atoms with Crippen LogP contribution in [0.25, 0.3) is 0 Å². The van der Waals surface area contributed by atoms with Gasteiger partial charge in [0.2, 0.25) is 11.8 Å². The average Bonchev–Trinajstić information content (AvgIpc) is 2.81. The molecule has 2 amide bonds. The number of rotatable bonds is 8. The minimum absolute atomic E-state index is 0. The predicted molar refractivity (Wildman–Crippen MR) is 126 cm³/mol. The first-order chi connectivity index (χ1) is 15.0.